The second-order valence-electron chi connectivity index (χ2n) is 4.97. The molecule has 0 aliphatic heterocycles. The monoisotopic (exact) mass is 448 g/mol. The van der Waals surface area contributed by atoms with Gasteiger partial charge in [0.05, 0.1) is 17.7 Å². The van der Waals surface area contributed by atoms with Crippen LogP contribution < -0.4 is 10.6 Å². The van der Waals surface area contributed by atoms with E-state index in [1.165, 1.54) is 9.88 Å². The van der Waals surface area contributed by atoms with Crippen molar-refractivity contribution in [2.24, 2.45) is 12.0 Å². The van der Waals surface area contributed by atoms with Gasteiger partial charge in [-0.1, -0.05) is 6.92 Å². The molecule has 0 aromatic carbocycles. The van der Waals surface area contributed by atoms with Crippen LogP contribution in [0.3, 0.4) is 0 Å². The molecule has 2 aromatic rings. The van der Waals surface area contributed by atoms with Crippen molar-refractivity contribution in [1.29, 1.82) is 0 Å². The Morgan fingerprint density at radius 1 is 1.30 bits per heavy atom. The average molecular weight is 448 g/mol. The maximum absolute atomic E-state index is 4.57. The molecule has 2 rings (SSSR count). The molecular formula is C15H25IN6S. The fraction of sp³-hybridized carbons (Fsp3) is 0.533. The van der Waals surface area contributed by atoms with Gasteiger partial charge in [-0.15, -0.1) is 35.3 Å². The first-order valence-electron chi connectivity index (χ1n) is 7.64. The fourth-order valence-electron chi connectivity index (χ4n) is 1.98. The van der Waals surface area contributed by atoms with E-state index in [0.29, 0.717) is 6.54 Å². The van der Waals surface area contributed by atoms with Gasteiger partial charge in [-0.3, -0.25) is 4.68 Å². The minimum atomic E-state index is 0. The molecule has 0 bridgehead atoms. The van der Waals surface area contributed by atoms with Crippen molar-refractivity contribution in [2.45, 2.75) is 33.2 Å². The van der Waals surface area contributed by atoms with Crippen molar-refractivity contribution in [3.63, 3.8) is 0 Å². The Balaban J connectivity index is 0.00000264. The zero-order valence-corrected chi connectivity index (χ0v) is 17.0. The van der Waals surface area contributed by atoms with Gasteiger partial charge < -0.3 is 10.6 Å². The van der Waals surface area contributed by atoms with Crippen LogP contribution in [0.5, 0.6) is 0 Å². The Bertz CT molecular complexity index is 607. The minimum absolute atomic E-state index is 0. The van der Waals surface area contributed by atoms with Gasteiger partial charge in [-0.05, 0) is 13.3 Å². The van der Waals surface area contributed by atoms with Crippen molar-refractivity contribution < 1.29 is 0 Å². The number of hydrogen-bond acceptors (Lipinski definition) is 4. The number of aliphatic imine (C=N–C) groups is 1. The van der Waals surface area contributed by atoms with Crippen LogP contribution in [0.4, 0.5) is 0 Å². The predicted molar refractivity (Wildman–Crippen MR) is 107 cm³/mol. The normalized spacial score (nSPS) is 11.2. The molecule has 23 heavy (non-hydrogen) atoms. The first kappa shape index (κ1) is 19.9. The molecule has 2 heterocycles. The lowest BCUT2D eigenvalue weighted by molar-refractivity contribution is 0.766. The molecule has 0 saturated heterocycles. The van der Waals surface area contributed by atoms with Gasteiger partial charge in [0.25, 0.3) is 0 Å². The predicted octanol–water partition coefficient (Wildman–Crippen LogP) is 2.35. The van der Waals surface area contributed by atoms with Crippen LogP contribution in [0.1, 0.15) is 29.3 Å². The molecule has 128 valence electrons. The summed E-state index contributed by atoms with van der Waals surface area (Å²) >= 11 is 1.79. The van der Waals surface area contributed by atoms with E-state index in [0.717, 1.165) is 37.5 Å². The first-order valence-corrected chi connectivity index (χ1v) is 8.46. The third-order valence-electron chi connectivity index (χ3n) is 3.10. The van der Waals surface area contributed by atoms with Crippen molar-refractivity contribution >= 4 is 41.3 Å². The third kappa shape index (κ3) is 6.86. The smallest absolute Gasteiger partial charge is 0.191 e. The Hall–Kier alpha value is -1.16. The Morgan fingerprint density at radius 3 is 2.74 bits per heavy atom. The Labute approximate surface area is 158 Å². The SMILES string of the molecule is CCNC(=NCc1cnn(C)c1)NCCc1ncc(CC)s1.I. The van der Waals surface area contributed by atoms with Crippen LogP contribution in [0, 0.1) is 0 Å². The summed E-state index contributed by atoms with van der Waals surface area (Å²) in [6, 6.07) is 0. The first-order chi connectivity index (χ1) is 10.7. The molecule has 0 aliphatic carbocycles. The van der Waals surface area contributed by atoms with Gasteiger partial charge in [-0.2, -0.15) is 5.10 Å². The number of nitrogens with one attached hydrogen (secondary N) is 2. The van der Waals surface area contributed by atoms with Gasteiger partial charge in [0.1, 0.15) is 0 Å². The molecule has 2 N–H and O–H groups in total. The summed E-state index contributed by atoms with van der Waals surface area (Å²) in [4.78, 5) is 10.3. The van der Waals surface area contributed by atoms with Crippen molar-refractivity contribution in [1.82, 2.24) is 25.4 Å². The molecule has 8 heteroatoms. The zero-order chi connectivity index (χ0) is 15.8. The lowest BCUT2D eigenvalue weighted by Crippen LogP contribution is -2.38. The number of aryl methyl sites for hydroxylation is 2. The molecule has 0 radical (unpaired) electrons. The average Bonchev–Trinajstić information content (AvgIpc) is 3.13. The number of guanidine groups is 1. The highest BCUT2D eigenvalue weighted by Gasteiger charge is 2.02. The van der Waals surface area contributed by atoms with Crippen LogP contribution in [-0.2, 0) is 26.4 Å². The molecule has 0 fully saturated rings. The molecule has 0 amide bonds. The molecule has 0 unspecified atom stereocenters. The van der Waals surface area contributed by atoms with Crippen LogP contribution in [0.25, 0.3) is 0 Å². The van der Waals surface area contributed by atoms with Crippen molar-refractivity contribution in [3.05, 3.63) is 34.0 Å². The van der Waals surface area contributed by atoms with E-state index >= 15 is 0 Å². The number of nitrogens with zero attached hydrogens (tertiary/aromatic N) is 4. The van der Waals surface area contributed by atoms with E-state index < -0.39 is 0 Å². The largest absolute Gasteiger partial charge is 0.357 e. The lowest BCUT2D eigenvalue weighted by Gasteiger charge is -2.10. The summed E-state index contributed by atoms with van der Waals surface area (Å²) in [5.41, 5.74) is 1.10. The number of rotatable bonds is 7. The van der Waals surface area contributed by atoms with Crippen LogP contribution >= 0.6 is 35.3 Å². The molecule has 0 saturated carbocycles. The second kappa shape index (κ2) is 10.6. The minimum Gasteiger partial charge on any atom is -0.357 e. The summed E-state index contributed by atoms with van der Waals surface area (Å²) in [6.45, 7) is 6.52. The molecule has 0 atom stereocenters. The second-order valence-corrected chi connectivity index (χ2v) is 6.17. The fourth-order valence-corrected chi connectivity index (χ4v) is 2.84. The Morgan fingerprint density at radius 2 is 2.13 bits per heavy atom. The molecule has 2 aromatic heterocycles. The molecule has 0 aliphatic rings. The highest BCUT2D eigenvalue weighted by molar-refractivity contribution is 14.0. The van der Waals surface area contributed by atoms with Gasteiger partial charge in [0, 0.05) is 49.4 Å². The van der Waals surface area contributed by atoms with Crippen molar-refractivity contribution in [2.75, 3.05) is 13.1 Å². The van der Waals surface area contributed by atoms with E-state index in [-0.39, 0.29) is 24.0 Å². The maximum Gasteiger partial charge on any atom is 0.191 e. The quantitative estimate of drug-likeness (QED) is 0.388. The molecule has 6 nitrogen and oxygen atoms in total. The van der Waals surface area contributed by atoms with Crippen LogP contribution in [0.2, 0.25) is 0 Å². The number of aromatic nitrogens is 3. The van der Waals surface area contributed by atoms with Crippen LogP contribution in [-0.4, -0.2) is 33.8 Å². The number of hydrogen-bond donors (Lipinski definition) is 2. The zero-order valence-electron chi connectivity index (χ0n) is 13.9. The summed E-state index contributed by atoms with van der Waals surface area (Å²) < 4.78 is 1.79. The van der Waals surface area contributed by atoms with E-state index in [4.69, 9.17) is 0 Å². The highest BCUT2D eigenvalue weighted by atomic mass is 127. The van der Waals surface area contributed by atoms with Gasteiger partial charge in [-0.25, -0.2) is 9.98 Å². The van der Waals surface area contributed by atoms with Gasteiger partial charge in [0.2, 0.25) is 0 Å². The maximum atomic E-state index is 4.57. The summed E-state index contributed by atoms with van der Waals surface area (Å²) in [5, 5.41) is 11.9. The van der Waals surface area contributed by atoms with Crippen LogP contribution in [0.15, 0.2) is 23.6 Å². The Kier molecular flexibility index (Phi) is 9.15. The number of thiazole rings is 1. The lowest BCUT2D eigenvalue weighted by atomic mass is 10.4. The van der Waals surface area contributed by atoms with E-state index in [1.807, 2.05) is 25.6 Å². The highest BCUT2D eigenvalue weighted by Crippen LogP contribution is 2.13. The molecule has 0 spiro atoms. The van der Waals surface area contributed by atoms with E-state index in [2.05, 4.69) is 39.6 Å². The van der Waals surface area contributed by atoms with Gasteiger partial charge in [0.15, 0.2) is 5.96 Å². The molecular weight excluding hydrogens is 423 g/mol. The van der Waals surface area contributed by atoms with E-state index in [1.54, 1.807) is 16.0 Å². The third-order valence-corrected chi connectivity index (χ3v) is 4.30. The van der Waals surface area contributed by atoms with E-state index in [9.17, 15) is 0 Å². The summed E-state index contributed by atoms with van der Waals surface area (Å²) in [5.74, 6) is 0.832. The standard InChI is InChI=1S/C15H24N6S.HI/c1-4-13-10-18-14(22-13)6-7-17-15(16-5-2)19-8-12-9-20-21(3)11-12;/h9-11H,4-8H2,1-3H3,(H2,16,17,19);1H. The summed E-state index contributed by atoms with van der Waals surface area (Å²) in [7, 11) is 1.91. The van der Waals surface area contributed by atoms with Crippen molar-refractivity contribution in [3.8, 4) is 0 Å². The number of halogens is 1. The summed E-state index contributed by atoms with van der Waals surface area (Å²) in [6.07, 6.45) is 7.77. The van der Waals surface area contributed by atoms with Gasteiger partial charge >= 0.3 is 0 Å². The topological polar surface area (TPSA) is 67.1 Å².